The lowest BCUT2D eigenvalue weighted by Gasteiger charge is -2.06. The Labute approximate surface area is 172 Å². The minimum Gasteiger partial charge on any atom is -0.307 e. The zero-order chi connectivity index (χ0) is 18.8. The highest BCUT2D eigenvalue weighted by Crippen LogP contribution is 2.23. The summed E-state index contributed by atoms with van der Waals surface area (Å²) in [4.78, 5) is 12.4. The number of halogens is 3. The third-order valence-electron chi connectivity index (χ3n) is 3.85. The van der Waals surface area contributed by atoms with Crippen molar-refractivity contribution in [3.05, 3.63) is 61.4 Å². The van der Waals surface area contributed by atoms with Crippen LogP contribution in [-0.2, 0) is 17.9 Å². The third-order valence-corrected chi connectivity index (χ3v) is 5.95. The van der Waals surface area contributed by atoms with Crippen molar-refractivity contribution >= 4 is 55.2 Å². The van der Waals surface area contributed by atoms with Crippen molar-refractivity contribution in [1.82, 2.24) is 19.6 Å². The topological polar surface area (TPSA) is 64.7 Å². The number of carbonyl (C=O) groups excluding carboxylic acids is 1. The fraction of sp³-hybridized carbons (Fsp3) is 0.235. The largest absolute Gasteiger partial charge is 0.307 e. The number of hydrogen-bond donors (Lipinski definition) is 1. The van der Waals surface area contributed by atoms with E-state index in [1.165, 1.54) is 0 Å². The molecule has 0 unspecified atom stereocenters. The molecule has 0 aliphatic heterocycles. The van der Waals surface area contributed by atoms with E-state index in [1.807, 2.05) is 38.1 Å². The van der Waals surface area contributed by atoms with E-state index in [4.69, 9.17) is 11.6 Å². The average Bonchev–Trinajstić information content (AvgIpc) is 3.04. The molecule has 3 aromatic rings. The molecular weight excluding hydrogens is 485 g/mol. The summed E-state index contributed by atoms with van der Waals surface area (Å²) in [7, 11) is 0. The number of hydrogen-bond acceptors (Lipinski definition) is 3. The molecule has 2 heterocycles. The lowest BCUT2D eigenvalue weighted by molar-refractivity contribution is -0.117. The number of benzene rings is 1. The normalized spacial score (nSPS) is 11.0. The van der Waals surface area contributed by atoms with E-state index in [0.717, 1.165) is 21.4 Å². The molecule has 0 atom stereocenters. The highest BCUT2D eigenvalue weighted by molar-refractivity contribution is 9.11. The van der Waals surface area contributed by atoms with Gasteiger partial charge in [-0.1, -0.05) is 29.8 Å². The van der Waals surface area contributed by atoms with Crippen LogP contribution in [0.2, 0.25) is 5.02 Å². The molecule has 0 saturated heterocycles. The molecular formula is C17H16Br2ClN5O. The van der Waals surface area contributed by atoms with Gasteiger partial charge in [0, 0.05) is 11.2 Å². The highest BCUT2D eigenvalue weighted by atomic mass is 79.9. The Morgan fingerprint density at radius 3 is 2.62 bits per heavy atom. The summed E-state index contributed by atoms with van der Waals surface area (Å²) in [5, 5.41) is 12.2. The number of nitrogens with one attached hydrogen (secondary N) is 1. The molecule has 0 aliphatic rings. The summed E-state index contributed by atoms with van der Waals surface area (Å²) in [6.07, 6.45) is 1.80. The van der Waals surface area contributed by atoms with Gasteiger partial charge < -0.3 is 5.32 Å². The predicted molar refractivity (Wildman–Crippen MR) is 109 cm³/mol. The minimum absolute atomic E-state index is 0.113. The van der Waals surface area contributed by atoms with E-state index in [-0.39, 0.29) is 12.5 Å². The minimum atomic E-state index is -0.202. The fourth-order valence-corrected chi connectivity index (χ4v) is 3.39. The summed E-state index contributed by atoms with van der Waals surface area (Å²) in [5.74, 6) is 0.259. The Bertz CT molecular complexity index is 966. The lowest BCUT2D eigenvalue weighted by atomic mass is 10.2. The molecule has 2 aromatic heterocycles. The van der Waals surface area contributed by atoms with Gasteiger partial charge in [0.25, 0.3) is 0 Å². The molecule has 0 saturated carbocycles. The van der Waals surface area contributed by atoms with Crippen LogP contribution in [0, 0.1) is 13.8 Å². The second kappa shape index (κ2) is 7.94. The van der Waals surface area contributed by atoms with E-state index in [0.29, 0.717) is 21.9 Å². The quantitative estimate of drug-likeness (QED) is 0.558. The smallest absolute Gasteiger partial charge is 0.247 e. The molecule has 3 rings (SSSR count). The summed E-state index contributed by atoms with van der Waals surface area (Å²) < 4.78 is 4.99. The molecule has 0 bridgehead atoms. The van der Waals surface area contributed by atoms with Crippen LogP contribution in [0.4, 0.5) is 5.82 Å². The Kier molecular flexibility index (Phi) is 5.84. The number of carbonyl (C=O) groups is 1. The molecule has 1 aromatic carbocycles. The van der Waals surface area contributed by atoms with Crippen molar-refractivity contribution in [2.24, 2.45) is 0 Å². The van der Waals surface area contributed by atoms with Crippen molar-refractivity contribution in [1.29, 1.82) is 0 Å². The molecule has 0 spiro atoms. The SMILES string of the molecule is Cc1nn(CC(=O)Nc2nn(Cc3ccccc3Cl)cc2Br)c(C)c1Br. The first-order chi connectivity index (χ1) is 12.3. The number of aromatic nitrogens is 4. The van der Waals surface area contributed by atoms with Gasteiger partial charge in [-0.2, -0.15) is 10.2 Å². The Balaban J connectivity index is 1.70. The van der Waals surface area contributed by atoms with Gasteiger partial charge in [0.15, 0.2) is 5.82 Å². The van der Waals surface area contributed by atoms with Gasteiger partial charge in [-0.05, 0) is 57.3 Å². The number of anilines is 1. The maximum atomic E-state index is 12.4. The zero-order valence-electron chi connectivity index (χ0n) is 14.1. The fourth-order valence-electron chi connectivity index (χ4n) is 2.50. The van der Waals surface area contributed by atoms with Gasteiger partial charge in [-0.25, -0.2) is 0 Å². The maximum absolute atomic E-state index is 12.4. The Morgan fingerprint density at radius 2 is 1.96 bits per heavy atom. The first-order valence-corrected chi connectivity index (χ1v) is 9.77. The molecule has 6 nitrogen and oxygen atoms in total. The molecule has 0 fully saturated rings. The average molecular weight is 502 g/mol. The van der Waals surface area contributed by atoms with Crippen LogP contribution in [0.1, 0.15) is 17.0 Å². The van der Waals surface area contributed by atoms with E-state index >= 15 is 0 Å². The Hall–Kier alpha value is -1.64. The highest BCUT2D eigenvalue weighted by Gasteiger charge is 2.15. The van der Waals surface area contributed by atoms with Crippen molar-refractivity contribution in [3.8, 4) is 0 Å². The third kappa shape index (κ3) is 4.19. The first kappa shape index (κ1) is 19.1. The van der Waals surface area contributed by atoms with Crippen LogP contribution in [0.3, 0.4) is 0 Å². The number of aryl methyl sites for hydroxylation is 1. The molecule has 26 heavy (non-hydrogen) atoms. The van der Waals surface area contributed by atoms with E-state index in [2.05, 4.69) is 47.4 Å². The van der Waals surface area contributed by atoms with Gasteiger partial charge in [0.1, 0.15) is 6.54 Å². The summed E-state index contributed by atoms with van der Waals surface area (Å²) in [6.45, 7) is 4.42. The number of amides is 1. The van der Waals surface area contributed by atoms with Gasteiger partial charge >= 0.3 is 0 Å². The molecule has 1 amide bonds. The summed E-state index contributed by atoms with van der Waals surface area (Å²) in [5.41, 5.74) is 2.70. The van der Waals surface area contributed by atoms with Crippen LogP contribution in [0.5, 0.6) is 0 Å². The number of rotatable bonds is 5. The van der Waals surface area contributed by atoms with Crippen LogP contribution >= 0.6 is 43.5 Å². The van der Waals surface area contributed by atoms with Crippen molar-refractivity contribution in [3.63, 3.8) is 0 Å². The predicted octanol–water partition coefficient (Wildman–Crippen LogP) is 4.56. The first-order valence-electron chi connectivity index (χ1n) is 7.81. The molecule has 0 radical (unpaired) electrons. The van der Waals surface area contributed by atoms with Gasteiger partial charge in [0.05, 0.1) is 26.9 Å². The second-order valence-electron chi connectivity index (χ2n) is 5.81. The van der Waals surface area contributed by atoms with E-state index in [1.54, 1.807) is 15.6 Å². The maximum Gasteiger partial charge on any atom is 0.247 e. The molecule has 0 aliphatic carbocycles. The monoisotopic (exact) mass is 499 g/mol. The van der Waals surface area contributed by atoms with E-state index < -0.39 is 0 Å². The zero-order valence-corrected chi connectivity index (χ0v) is 18.1. The van der Waals surface area contributed by atoms with Crippen LogP contribution in [0.15, 0.2) is 39.4 Å². The summed E-state index contributed by atoms with van der Waals surface area (Å²) >= 11 is 13.1. The molecule has 136 valence electrons. The Morgan fingerprint density at radius 1 is 1.23 bits per heavy atom. The lowest BCUT2D eigenvalue weighted by Crippen LogP contribution is -2.21. The standard InChI is InChI=1S/C17H16Br2ClN5O/c1-10-16(19)11(2)25(22-10)9-15(26)21-17-13(18)8-24(23-17)7-12-5-3-4-6-14(12)20/h3-6,8H,7,9H2,1-2H3,(H,21,23,26). The van der Waals surface area contributed by atoms with Crippen LogP contribution < -0.4 is 5.32 Å². The van der Waals surface area contributed by atoms with Gasteiger partial charge in [0.2, 0.25) is 5.91 Å². The van der Waals surface area contributed by atoms with Crippen molar-refractivity contribution in [2.75, 3.05) is 5.32 Å². The summed E-state index contributed by atoms with van der Waals surface area (Å²) in [6, 6.07) is 7.59. The van der Waals surface area contributed by atoms with E-state index in [9.17, 15) is 4.79 Å². The van der Waals surface area contributed by atoms with Crippen LogP contribution in [-0.4, -0.2) is 25.5 Å². The van der Waals surface area contributed by atoms with Gasteiger partial charge in [-0.3, -0.25) is 14.2 Å². The van der Waals surface area contributed by atoms with Crippen molar-refractivity contribution in [2.45, 2.75) is 26.9 Å². The second-order valence-corrected chi connectivity index (χ2v) is 7.86. The van der Waals surface area contributed by atoms with Gasteiger partial charge in [-0.15, -0.1) is 0 Å². The molecule has 9 heteroatoms. The van der Waals surface area contributed by atoms with Crippen molar-refractivity contribution < 1.29 is 4.79 Å². The molecule has 1 N–H and O–H groups in total. The van der Waals surface area contributed by atoms with Crippen LogP contribution in [0.25, 0.3) is 0 Å². The number of nitrogens with zero attached hydrogens (tertiary/aromatic N) is 4.